The average Bonchev–Trinajstić information content (AvgIpc) is 2.71. The lowest BCUT2D eigenvalue weighted by Crippen LogP contribution is -1.94. The van der Waals surface area contributed by atoms with Crippen molar-refractivity contribution in [3.05, 3.63) is 25.3 Å². The summed E-state index contributed by atoms with van der Waals surface area (Å²) in [6, 6.07) is 3.84. The SMILES string of the molecule is NCc1nc(-c2ccc(Cl)s2)c(Br)s1. The van der Waals surface area contributed by atoms with Crippen molar-refractivity contribution < 1.29 is 0 Å². The molecule has 0 fully saturated rings. The first-order valence-electron chi connectivity index (χ1n) is 3.81. The summed E-state index contributed by atoms with van der Waals surface area (Å²) in [5, 5.41) is 0.927. The number of hydrogen-bond donors (Lipinski definition) is 1. The van der Waals surface area contributed by atoms with Crippen LogP contribution in [0.4, 0.5) is 0 Å². The average molecular weight is 310 g/mol. The van der Waals surface area contributed by atoms with E-state index in [-0.39, 0.29) is 0 Å². The predicted molar refractivity (Wildman–Crippen MR) is 66.0 cm³/mol. The number of nitrogens with zero attached hydrogens (tertiary/aromatic N) is 1. The van der Waals surface area contributed by atoms with Crippen molar-refractivity contribution in [2.45, 2.75) is 6.54 Å². The summed E-state index contributed by atoms with van der Waals surface area (Å²) in [6.07, 6.45) is 0. The summed E-state index contributed by atoms with van der Waals surface area (Å²) in [6.45, 7) is 0.475. The Morgan fingerprint density at radius 3 is 2.71 bits per heavy atom. The Kier molecular flexibility index (Phi) is 3.23. The molecule has 0 aliphatic carbocycles. The Bertz CT molecular complexity index is 452. The lowest BCUT2D eigenvalue weighted by atomic mass is 10.4. The van der Waals surface area contributed by atoms with E-state index < -0.39 is 0 Å². The summed E-state index contributed by atoms with van der Waals surface area (Å²) >= 11 is 12.4. The monoisotopic (exact) mass is 308 g/mol. The third kappa shape index (κ3) is 2.01. The zero-order valence-electron chi connectivity index (χ0n) is 6.96. The van der Waals surface area contributed by atoms with Crippen LogP contribution in [0.1, 0.15) is 5.01 Å². The van der Waals surface area contributed by atoms with Crippen LogP contribution >= 0.6 is 50.2 Å². The quantitative estimate of drug-likeness (QED) is 0.917. The normalized spacial score (nSPS) is 10.8. The van der Waals surface area contributed by atoms with Gasteiger partial charge in [0.1, 0.15) is 10.7 Å². The van der Waals surface area contributed by atoms with Gasteiger partial charge in [0.15, 0.2) is 0 Å². The number of rotatable bonds is 2. The molecular weight excluding hydrogens is 304 g/mol. The van der Waals surface area contributed by atoms with Crippen LogP contribution in [0.25, 0.3) is 10.6 Å². The van der Waals surface area contributed by atoms with Crippen LogP contribution in [0.5, 0.6) is 0 Å². The molecule has 0 unspecified atom stereocenters. The molecule has 0 spiro atoms. The van der Waals surface area contributed by atoms with Crippen LogP contribution in [0.15, 0.2) is 15.9 Å². The lowest BCUT2D eigenvalue weighted by molar-refractivity contribution is 1.04. The molecule has 2 aromatic rings. The van der Waals surface area contributed by atoms with Crippen LogP contribution in [0.2, 0.25) is 4.34 Å². The second kappa shape index (κ2) is 4.28. The Balaban J connectivity index is 2.45. The zero-order valence-corrected chi connectivity index (χ0v) is 10.9. The van der Waals surface area contributed by atoms with Crippen molar-refractivity contribution in [1.82, 2.24) is 4.98 Å². The number of thiophene rings is 1. The smallest absolute Gasteiger partial charge is 0.108 e. The molecule has 2 aromatic heterocycles. The van der Waals surface area contributed by atoms with Crippen molar-refractivity contribution in [2.24, 2.45) is 5.73 Å². The molecule has 0 atom stereocenters. The number of halogens is 2. The summed E-state index contributed by atoms with van der Waals surface area (Å²) in [4.78, 5) is 5.48. The minimum Gasteiger partial charge on any atom is -0.325 e. The highest BCUT2D eigenvalue weighted by molar-refractivity contribution is 9.11. The van der Waals surface area contributed by atoms with Gasteiger partial charge in [-0.3, -0.25) is 0 Å². The van der Waals surface area contributed by atoms with Gasteiger partial charge in [-0.05, 0) is 28.1 Å². The molecule has 0 radical (unpaired) electrons. The highest BCUT2D eigenvalue weighted by atomic mass is 79.9. The standard InChI is InChI=1S/C8H6BrClN2S2/c9-8-7(12-6(3-11)14-8)4-1-2-5(10)13-4/h1-2H,3,11H2. The molecule has 0 aliphatic heterocycles. The molecule has 74 valence electrons. The Labute approximate surface area is 103 Å². The second-order valence-corrected chi connectivity index (χ2v) is 6.65. The van der Waals surface area contributed by atoms with Gasteiger partial charge in [-0.25, -0.2) is 4.98 Å². The van der Waals surface area contributed by atoms with Crippen LogP contribution in [0.3, 0.4) is 0 Å². The van der Waals surface area contributed by atoms with Gasteiger partial charge in [0.25, 0.3) is 0 Å². The number of nitrogens with two attached hydrogens (primary N) is 1. The van der Waals surface area contributed by atoms with E-state index in [9.17, 15) is 0 Å². The lowest BCUT2D eigenvalue weighted by Gasteiger charge is -1.89. The second-order valence-electron chi connectivity index (χ2n) is 2.54. The van der Waals surface area contributed by atoms with Crippen molar-refractivity contribution >= 4 is 50.2 Å². The van der Waals surface area contributed by atoms with Crippen molar-refractivity contribution in [2.75, 3.05) is 0 Å². The molecule has 0 bridgehead atoms. The maximum atomic E-state index is 5.86. The van der Waals surface area contributed by atoms with Crippen LogP contribution in [-0.2, 0) is 6.54 Å². The summed E-state index contributed by atoms with van der Waals surface area (Å²) in [7, 11) is 0. The van der Waals surface area contributed by atoms with Crippen LogP contribution in [-0.4, -0.2) is 4.98 Å². The molecule has 2 N–H and O–H groups in total. The molecule has 0 saturated carbocycles. The van der Waals surface area contributed by atoms with E-state index in [0.29, 0.717) is 6.54 Å². The van der Waals surface area contributed by atoms with E-state index in [1.165, 1.54) is 11.3 Å². The van der Waals surface area contributed by atoms with E-state index in [0.717, 1.165) is 23.7 Å². The van der Waals surface area contributed by atoms with Crippen molar-refractivity contribution in [3.8, 4) is 10.6 Å². The van der Waals surface area contributed by atoms with Gasteiger partial charge < -0.3 is 5.73 Å². The first-order chi connectivity index (χ1) is 6.70. The van der Waals surface area contributed by atoms with E-state index in [2.05, 4.69) is 20.9 Å². The summed E-state index contributed by atoms with van der Waals surface area (Å²) in [5.74, 6) is 0. The summed E-state index contributed by atoms with van der Waals surface area (Å²) < 4.78 is 1.78. The van der Waals surface area contributed by atoms with E-state index in [1.54, 1.807) is 11.3 Å². The van der Waals surface area contributed by atoms with E-state index in [1.807, 2.05) is 12.1 Å². The molecule has 6 heteroatoms. The van der Waals surface area contributed by atoms with Gasteiger partial charge in [-0.1, -0.05) is 11.6 Å². The highest BCUT2D eigenvalue weighted by Gasteiger charge is 2.11. The molecule has 0 aromatic carbocycles. The van der Waals surface area contributed by atoms with Gasteiger partial charge >= 0.3 is 0 Å². The maximum Gasteiger partial charge on any atom is 0.108 e. The Morgan fingerprint density at radius 1 is 1.43 bits per heavy atom. The van der Waals surface area contributed by atoms with Crippen LogP contribution < -0.4 is 5.73 Å². The highest BCUT2D eigenvalue weighted by Crippen LogP contribution is 2.37. The topological polar surface area (TPSA) is 38.9 Å². The maximum absolute atomic E-state index is 5.86. The fourth-order valence-electron chi connectivity index (χ4n) is 1.02. The molecule has 2 heterocycles. The van der Waals surface area contributed by atoms with Gasteiger partial charge in [0, 0.05) is 6.54 Å². The third-order valence-electron chi connectivity index (χ3n) is 1.61. The number of aromatic nitrogens is 1. The third-order valence-corrected chi connectivity index (χ3v) is 4.58. The van der Waals surface area contributed by atoms with E-state index >= 15 is 0 Å². The summed E-state index contributed by atoms with van der Waals surface area (Å²) in [5.41, 5.74) is 6.46. The van der Waals surface area contributed by atoms with Gasteiger partial charge in [-0.15, -0.1) is 22.7 Å². The minimum atomic E-state index is 0.475. The first kappa shape index (κ1) is 10.6. The Hall–Kier alpha value is 0.0600. The molecular formula is C8H6BrClN2S2. The fourth-order valence-corrected chi connectivity index (χ4v) is 3.80. The molecule has 0 aliphatic rings. The molecule has 0 saturated heterocycles. The van der Waals surface area contributed by atoms with Gasteiger partial charge in [0.2, 0.25) is 0 Å². The minimum absolute atomic E-state index is 0.475. The zero-order chi connectivity index (χ0) is 10.1. The first-order valence-corrected chi connectivity index (χ1v) is 6.62. The number of hydrogen-bond acceptors (Lipinski definition) is 4. The molecule has 2 nitrogen and oxygen atoms in total. The molecule has 14 heavy (non-hydrogen) atoms. The van der Waals surface area contributed by atoms with Crippen molar-refractivity contribution in [3.63, 3.8) is 0 Å². The fraction of sp³-hybridized carbons (Fsp3) is 0.125. The number of thiazole rings is 1. The Morgan fingerprint density at radius 2 is 2.21 bits per heavy atom. The largest absolute Gasteiger partial charge is 0.325 e. The molecule has 0 amide bonds. The predicted octanol–water partition coefficient (Wildman–Crippen LogP) is 3.75. The van der Waals surface area contributed by atoms with Gasteiger partial charge in [-0.2, -0.15) is 0 Å². The van der Waals surface area contributed by atoms with E-state index in [4.69, 9.17) is 17.3 Å². The van der Waals surface area contributed by atoms with Crippen molar-refractivity contribution in [1.29, 1.82) is 0 Å². The van der Waals surface area contributed by atoms with Crippen LogP contribution in [0, 0.1) is 0 Å². The molecule has 2 rings (SSSR count). The van der Waals surface area contributed by atoms with Gasteiger partial charge in [0.05, 0.1) is 13.0 Å².